The molecule has 0 rings (SSSR count). The average Bonchev–Trinajstić information content (AvgIpc) is 1.88. The van der Waals surface area contributed by atoms with Crippen LogP contribution in [-0.2, 0) is 9.53 Å². The molecule has 0 radical (unpaired) electrons. The maximum Gasteiger partial charge on any atom is 1.00 e. The molecule has 4 nitrogen and oxygen atoms in total. The Morgan fingerprint density at radius 2 is 2.17 bits per heavy atom. The van der Waals surface area contributed by atoms with E-state index >= 15 is 0 Å². The van der Waals surface area contributed by atoms with E-state index in [4.69, 9.17) is 5.73 Å². The van der Waals surface area contributed by atoms with Crippen molar-refractivity contribution >= 4 is 5.97 Å². The number of carbonyl (C=O) groups is 1. The second-order valence-electron chi connectivity index (χ2n) is 2.08. The van der Waals surface area contributed by atoms with Crippen LogP contribution in [0.2, 0.25) is 0 Å². The predicted octanol–water partition coefficient (Wildman–Crippen LogP) is -4.34. The number of aliphatic carboxylic acids is 1. The van der Waals surface area contributed by atoms with Gasteiger partial charge in [0.2, 0.25) is 0 Å². The predicted molar refractivity (Wildman–Crippen MR) is 38.6 cm³/mol. The molecule has 0 aromatic heterocycles. The maximum absolute atomic E-state index is 10.3. The molecule has 0 aromatic rings. The van der Waals surface area contributed by atoms with E-state index in [2.05, 4.69) is 4.74 Å². The number of carbonyl (C=O) groups excluding carboxylic acids is 1. The summed E-state index contributed by atoms with van der Waals surface area (Å²) < 4.78 is 4.59. The summed E-state index contributed by atoms with van der Waals surface area (Å²) in [6.45, 7) is 1.75. The molecule has 0 amide bonds. The Kier molecular flexibility index (Phi) is 10.6. The Morgan fingerprint density at radius 1 is 1.67 bits per heavy atom. The molecule has 0 spiro atoms. The zero-order valence-corrected chi connectivity index (χ0v) is 10.7. The molecule has 0 saturated carbocycles. The van der Waals surface area contributed by atoms with E-state index in [1.807, 2.05) is 0 Å². The van der Waals surface area contributed by atoms with Crippen LogP contribution in [-0.4, -0.2) is 25.2 Å². The molecule has 12 heavy (non-hydrogen) atoms. The molecule has 0 aliphatic rings. The van der Waals surface area contributed by atoms with Crippen molar-refractivity contribution < 1.29 is 66.0 Å². The Balaban J connectivity index is 0. The van der Waals surface area contributed by atoms with E-state index in [0.717, 1.165) is 0 Å². The number of methoxy groups -OCH3 is 1. The molecule has 0 bridgehead atoms. The third-order valence-corrected chi connectivity index (χ3v) is 1.25. The Bertz CT molecular complexity index is 161. The molecule has 0 heterocycles. The van der Waals surface area contributed by atoms with E-state index < -0.39 is 18.1 Å². The first kappa shape index (κ1) is 15.2. The van der Waals surface area contributed by atoms with Gasteiger partial charge in [0.05, 0.1) is 12.0 Å². The molecule has 0 aromatic carbocycles. The molecule has 0 saturated heterocycles. The molecular formula is C7H12KNO3. The summed E-state index contributed by atoms with van der Waals surface area (Å²) in [5.74, 6) is -1.29. The normalized spacial score (nSPS) is 15.2. The van der Waals surface area contributed by atoms with Crippen LogP contribution in [0, 0.1) is 0 Å². The molecular weight excluding hydrogens is 185 g/mol. The van der Waals surface area contributed by atoms with Crippen molar-refractivity contribution in [3.8, 4) is 0 Å². The van der Waals surface area contributed by atoms with E-state index in [1.54, 1.807) is 19.1 Å². The van der Waals surface area contributed by atoms with Gasteiger partial charge in [-0.1, -0.05) is 12.2 Å². The SMILES string of the molecule is C/C=C/[C@@H](N)[C@H](OC)C(=O)[O-].[K+]. The van der Waals surface area contributed by atoms with Crippen LogP contribution in [0.1, 0.15) is 6.92 Å². The van der Waals surface area contributed by atoms with Gasteiger partial charge < -0.3 is 20.4 Å². The van der Waals surface area contributed by atoms with Gasteiger partial charge in [0.15, 0.2) is 0 Å². The second-order valence-corrected chi connectivity index (χ2v) is 2.08. The van der Waals surface area contributed by atoms with Gasteiger partial charge in [-0.2, -0.15) is 0 Å². The summed E-state index contributed by atoms with van der Waals surface area (Å²) >= 11 is 0. The fraction of sp³-hybridized carbons (Fsp3) is 0.571. The van der Waals surface area contributed by atoms with Crippen molar-refractivity contribution in [1.82, 2.24) is 0 Å². The van der Waals surface area contributed by atoms with E-state index in [-0.39, 0.29) is 51.4 Å². The summed E-state index contributed by atoms with van der Waals surface area (Å²) in [7, 11) is 1.28. The van der Waals surface area contributed by atoms with Crippen LogP contribution in [0.5, 0.6) is 0 Å². The van der Waals surface area contributed by atoms with Crippen molar-refractivity contribution in [2.24, 2.45) is 5.73 Å². The minimum absolute atomic E-state index is 0. The summed E-state index contributed by atoms with van der Waals surface area (Å²) in [5, 5.41) is 10.3. The second kappa shape index (κ2) is 8.37. The quantitative estimate of drug-likeness (QED) is 0.365. The number of carboxylic acid groups (broad SMARTS) is 1. The molecule has 2 N–H and O–H groups in total. The van der Waals surface area contributed by atoms with E-state index in [0.29, 0.717) is 0 Å². The Labute approximate surface area is 115 Å². The van der Waals surface area contributed by atoms with Gasteiger partial charge in [-0.25, -0.2) is 0 Å². The van der Waals surface area contributed by atoms with Gasteiger partial charge in [-0.15, -0.1) is 0 Å². The molecule has 0 aliphatic carbocycles. The van der Waals surface area contributed by atoms with E-state index in [9.17, 15) is 9.90 Å². The minimum atomic E-state index is -1.29. The van der Waals surface area contributed by atoms with Crippen molar-refractivity contribution in [2.75, 3.05) is 7.11 Å². The molecule has 64 valence electrons. The monoisotopic (exact) mass is 197 g/mol. The minimum Gasteiger partial charge on any atom is -0.547 e. The van der Waals surface area contributed by atoms with Gasteiger partial charge in [0.25, 0.3) is 0 Å². The smallest absolute Gasteiger partial charge is 0.547 e. The summed E-state index contributed by atoms with van der Waals surface area (Å²) in [4.78, 5) is 10.3. The number of allylic oxidation sites excluding steroid dienone is 1. The first-order valence-electron chi connectivity index (χ1n) is 3.25. The Hall–Kier alpha value is 0.766. The topological polar surface area (TPSA) is 75.4 Å². The van der Waals surface area contributed by atoms with Gasteiger partial charge in [0.1, 0.15) is 6.10 Å². The number of rotatable bonds is 4. The standard InChI is InChI=1S/C7H13NO3.K/c1-3-4-5(8)6(11-2)7(9)10;/h3-6H,8H2,1-2H3,(H,9,10);/q;+1/p-1/b4-3+;/t5-,6+;/m1./s1. The first-order valence-corrected chi connectivity index (χ1v) is 3.25. The van der Waals surface area contributed by atoms with Crippen LogP contribution in [0.15, 0.2) is 12.2 Å². The Morgan fingerprint density at radius 3 is 2.42 bits per heavy atom. The summed E-state index contributed by atoms with van der Waals surface area (Å²) in [5.41, 5.74) is 5.41. The summed E-state index contributed by atoms with van der Waals surface area (Å²) in [6.07, 6.45) is 2.15. The fourth-order valence-corrected chi connectivity index (χ4v) is 0.734. The number of nitrogens with two attached hydrogens (primary N) is 1. The van der Waals surface area contributed by atoms with Crippen LogP contribution >= 0.6 is 0 Å². The third kappa shape index (κ3) is 5.42. The van der Waals surface area contributed by atoms with Crippen LogP contribution in [0.3, 0.4) is 0 Å². The molecule has 0 unspecified atom stereocenters. The van der Waals surface area contributed by atoms with Crippen molar-refractivity contribution in [3.05, 3.63) is 12.2 Å². The van der Waals surface area contributed by atoms with Crippen LogP contribution in [0.25, 0.3) is 0 Å². The van der Waals surface area contributed by atoms with Gasteiger partial charge in [-0.05, 0) is 6.92 Å². The number of hydrogen-bond donors (Lipinski definition) is 1. The summed E-state index contributed by atoms with van der Waals surface area (Å²) in [6, 6.07) is -0.644. The van der Waals surface area contributed by atoms with Crippen LogP contribution < -0.4 is 62.2 Å². The third-order valence-electron chi connectivity index (χ3n) is 1.25. The number of carboxylic acids is 1. The number of ether oxygens (including phenoxy) is 1. The molecule has 2 atom stereocenters. The van der Waals surface area contributed by atoms with Crippen molar-refractivity contribution in [1.29, 1.82) is 0 Å². The zero-order chi connectivity index (χ0) is 8.85. The van der Waals surface area contributed by atoms with Gasteiger partial charge >= 0.3 is 51.4 Å². The van der Waals surface area contributed by atoms with Crippen molar-refractivity contribution in [2.45, 2.75) is 19.1 Å². The van der Waals surface area contributed by atoms with Gasteiger partial charge in [0, 0.05) is 7.11 Å². The van der Waals surface area contributed by atoms with Crippen molar-refractivity contribution in [3.63, 3.8) is 0 Å². The molecule has 0 fully saturated rings. The van der Waals surface area contributed by atoms with Crippen LogP contribution in [0.4, 0.5) is 0 Å². The first-order chi connectivity index (χ1) is 5.13. The van der Waals surface area contributed by atoms with E-state index in [1.165, 1.54) is 7.11 Å². The molecule has 5 heteroatoms. The number of hydrogen-bond acceptors (Lipinski definition) is 4. The fourth-order valence-electron chi connectivity index (χ4n) is 0.734. The van der Waals surface area contributed by atoms with Gasteiger partial charge in [-0.3, -0.25) is 0 Å². The maximum atomic E-state index is 10.3. The molecule has 0 aliphatic heterocycles. The zero-order valence-electron chi connectivity index (χ0n) is 7.61. The largest absolute Gasteiger partial charge is 1.00 e. The average molecular weight is 197 g/mol.